The second kappa shape index (κ2) is 9.92. The second-order valence-corrected chi connectivity index (χ2v) is 5.96. The van der Waals surface area contributed by atoms with Crippen molar-refractivity contribution in [3.05, 3.63) is 96.1 Å². The molecule has 0 aromatic heterocycles. The molecule has 3 rings (SSSR count). The van der Waals surface area contributed by atoms with Crippen LogP contribution in [-0.4, -0.2) is 25.2 Å². The monoisotopic (exact) mass is 376 g/mol. The van der Waals surface area contributed by atoms with Crippen LogP contribution in [0.2, 0.25) is 0 Å². The smallest absolute Gasteiger partial charge is 0.338 e. The molecule has 3 aromatic rings. The van der Waals surface area contributed by atoms with Gasteiger partial charge in [-0.25, -0.2) is 4.79 Å². The Kier molecular flexibility index (Phi) is 6.79. The molecule has 0 spiro atoms. The Morgan fingerprint density at radius 3 is 2.00 bits per heavy atom. The van der Waals surface area contributed by atoms with E-state index in [-0.39, 0.29) is 25.6 Å². The van der Waals surface area contributed by atoms with Gasteiger partial charge in [-0.15, -0.1) is 0 Å². The normalized spacial score (nSPS) is 10.1. The SMILES string of the molecule is O=C(Cc1ccccc1)Oc1ccc(C(=O)OCCOc2ccccc2)cc1. The highest BCUT2D eigenvalue weighted by molar-refractivity contribution is 5.89. The summed E-state index contributed by atoms with van der Waals surface area (Å²) >= 11 is 0. The van der Waals surface area contributed by atoms with Gasteiger partial charge >= 0.3 is 11.9 Å². The number of hydrogen-bond donors (Lipinski definition) is 0. The summed E-state index contributed by atoms with van der Waals surface area (Å²) in [6.45, 7) is 0.409. The zero-order valence-corrected chi connectivity index (χ0v) is 15.2. The maximum absolute atomic E-state index is 12.0. The van der Waals surface area contributed by atoms with Crippen molar-refractivity contribution >= 4 is 11.9 Å². The molecule has 0 radical (unpaired) electrons. The van der Waals surface area contributed by atoms with Crippen LogP contribution in [0.25, 0.3) is 0 Å². The Hall–Kier alpha value is -3.60. The summed E-state index contributed by atoms with van der Waals surface area (Å²) < 4.78 is 15.9. The molecule has 142 valence electrons. The lowest BCUT2D eigenvalue weighted by atomic mass is 10.1. The lowest BCUT2D eigenvalue weighted by molar-refractivity contribution is -0.133. The summed E-state index contributed by atoms with van der Waals surface area (Å²) in [4.78, 5) is 24.0. The third-order valence-electron chi connectivity index (χ3n) is 3.84. The second-order valence-electron chi connectivity index (χ2n) is 5.96. The van der Waals surface area contributed by atoms with E-state index >= 15 is 0 Å². The van der Waals surface area contributed by atoms with Crippen molar-refractivity contribution < 1.29 is 23.8 Å². The molecule has 0 fully saturated rings. The van der Waals surface area contributed by atoms with Crippen LogP contribution in [0.15, 0.2) is 84.9 Å². The Balaban J connectivity index is 1.42. The molecule has 0 unspecified atom stereocenters. The largest absolute Gasteiger partial charge is 0.490 e. The van der Waals surface area contributed by atoms with Gasteiger partial charge in [0.2, 0.25) is 0 Å². The third-order valence-corrected chi connectivity index (χ3v) is 3.84. The Labute approximate surface area is 163 Å². The summed E-state index contributed by atoms with van der Waals surface area (Å²) in [5, 5.41) is 0. The van der Waals surface area contributed by atoms with E-state index in [2.05, 4.69) is 0 Å². The first-order chi connectivity index (χ1) is 13.7. The molecule has 5 nitrogen and oxygen atoms in total. The van der Waals surface area contributed by atoms with E-state index in [0.717, 1.165) is 11.3 Å². The van der Waals surface area contributed by atoms with E-state index < -0.39 is 5.97 Å². The molecular weight excluding hydrogens is 356 g/mol. The highest BCUT2D eigenvalue weighted by atomic mass is 16.6. The zero-order valence-electron chi connectivity index (χ0n) is 15.2. The maximum atomic E-state index is 12.0. The highest BCUT2D eigenvalue weighted by Gasteiger charge is 2.10. The van der Waals surface area contributed by atoms with E-state index in [1.807, 2.05) is 60.7 Å². The average Bonchev–Trinajstić information content (AvgIpc) is 2.73. The Morgan fingerprint density at radius 2 is 1.32 bits per heavy atom. The number of ether oxygens (including phenoxy) is 3. The molecule has 0 aliphatic carbocycles. The topological polar surface area (TPSA) is 61.8 Å². The fourth-order valence-corrected chi connectivity index (χ4v) is 2.48. The van der Waals surface area contributed by atoms with Gasteiger partial charge in [0.1, 0.15) is 24.7 Å². The number of hydrogen-bond acceptors (Lipinski definition) is 5. The van der Waals surface area contributed by atoms with Crippen molar-refractivity contribution in [1.29, 1.82) is 0 Å². The average molecular weight is 376 g/mol. The number of esters is 2. The van der Waals surface area contributed by atoms with Gasteiger partial charge < -0.3 is 14.2 Å². The Morgan fingerprint density at radius 1 is 0.679 bits per heavy atom. The molecule has 0 bridgehead atoms. The van der Waals surface area contributed by atoms with Crippen LogP contribution in [0.4, 0.5) is 0 Å². The van der Waals surface area contributed by atoms with Crippen LogP contribution in [0.3, 0.4) is 0 Å². The minimum absolute atomic E-state index is 0.140. The van der Waals surface area contributed by atoms with Crippen LogP contribution >= 0.6 is 0 Å². The maximum Gasteiger partial charge on any atom is 0.338 e. The predicted octanol–water partition coefficient (Wildman–Crippen LogP) is 4.07. The lowest BCUT2D eigenvalue weighted by Crippen LogP contribution is -2.13. The van der Waals surface area contributed by atoms with E-state index in [9.17, 15) is 9.59 Å². The molecule has 28 heavy (non-hydrogen) atoms. The third kappa shape index (κ3) is 5.99. The van der Waals surface area contributed by atoms with Crippen LogP contribution in [-0.2, 0) is 16.0 Å². The van der Waals surface area contributed by atoms with Gasteiger partial charge in [-0.3, -0.25) is 4.79 Å². The lowest BCUT2D eigenvalue weighted by Gasteiger charge is -2.08. The van der Waals surface area contributed by atoms with E-state index in [4.69, 9.17) is 14.2 Å². The van der Waals surface area contributed by atoms with Gasteiger partial charge in [-0.05, 0) is 42.0 Å². The van der Waals surface area contributed by atoms with Gasteiger partial charge in [0.15, 0.2) is 0 Å². The molecule has 0 aliphatic rings. The van der Waals surface area contributed by atoms with Crippen LogP contribution < -0.4 is 9.47 Å². The molecule has 0 saturated carbocycles. The Bertz CT molecular complexity index is 889. The summed E-state index contributed by atoms with van der Waals surface area (Å²) in [5.41, 5.74) is 1.26. The first-order valence-corrected chi connectivity index (χ1v) is 8.90. The molecule has 0 aliphatic heterocycles. The van der Waals surface area contributed by atoms with E-state index in [1.54, 1.807) is 24.3 Å². The molecule has 0 N–H and O–H groups in total. The van der Waals surface area contributed by atoms with Crippen LogP contribution in [0.5, 0.6) is 11.5 Å². The minimum atomic E-state index is -0.459. The van der Waals surface area contributed by atoms with Gasteiger partial charge in [0.25, 0.3) is 0 Å². The van der Waals surface area contributed by atoms with E-state index in [1.165, 1.54) is 0 Å². The number of carbonyl (C=O) groups is 2. The molecule has 0 heterocycles. The van der Waals surface area contributed by atoms with Gasteiger partial charge in [0, 0.05) is 0 Å². The van der Waals surface area contributed by atoms with Gasteiger partial charge in [-0.1, -0.05) is 48.5 Å². The minimum Gasteiger partial charge on any atom is -0.490 e. The first-order valence-electron chi connectivity index (χ1n) is 8.90. The fraction of sp³-hybridized carbons (Fsp3) is 0.130. The number of rotatable bonds is 8. The van der Waals surface area contributed by atoms with Crippen molar-refractivity contribution in [2.45, 2.75) is 6.42 Å². The molecular formula is C23H20O5. The summed E-state index contributed by atoms with van der Waals surface area (Å²) in [5.74, 6) is 0.281. The van der Waals surface area contributed by atoms with Crippen molar-refractivity contribution in [3.63, 3.8) is 0 Å². The number of carbonyl (C=O) groups excluding carboxylic acids is 2. The number of benzene rings is 3. The molecule has 0 saturated heterocycles. The zero-order chi connectivity index (χ0) is 19.6. The molecule has 0 amide bonds. The van der Waals surface area contributed by atoms with Gasteiger partial charge in [0.05, 0.1) is 12.0 Å². The highest BCUT2D eigenvalue weighted by Crippen LogP contribution is 2.14. The molecule has 0 atom stereocenters. The van der Waals surface area contributed by atoms with Crippen LogP contribution in [0, 0.1) is 0 Å². The number of para-hydroxylation sites is 1. The summed E-state index contributed by atoms with van der Waals surface area (Å²) in [7, 11) is 0. The predicted molar refractivity (Wildman–Crippen MR) is 104 cm³/mol. The summed E-state index contributed by atoms with van der Waals surface area (Å²) in [6, 6.07) is 24.9. The fourth-order valence-electron chi connectivity index (χ4n) is 2.48. The molecule has 3 aromatic carbocycles. The van der Waals surface area contributed by atoms with Crippen molar-refractivity contribution in [2.24, 2.45) is 0 Å². The molecule has 5 heteroatoms. The standard InChI is InChI=1S/C23H20O5/c24-22(17-18-7-3-1-4-8-18)28-21-13-11-19(12-14-21)23(25)27-16-15-26-20-9-5-2-6-10-20/h1-14H,15-17H2. The first kappa shape index (κ1) is 19.2. The van der Waals surface area contributed by atoms with E-state index in [0.29, 0.717) is 11.3 Å². The van der Waals surface area contributed by atoms with Crippen molar-refractivity contribution in [2.75, 3.05) is 13.2 Å². The van der Waals surface area contributed by atoms with Crippen molar-refractivity contribution in [3.8, 4) is 11.5 Å². The summed E-state index contributed by atoms with van der Waals surface area (Å²) in [6.07, 6.45) is 0.187. The van der Waals surface area contributed by atoms with Gasteiger partial charge in [-0.2, -0.15) is 0 Å². The quantitative estimate of drug-likeness (QED) is 0.337. The van der Waals surface area contributed by atoms with Crippen molar-refractivity contribution in [1.82, 2.24) is 0 Å². The van der Waals surface area contributed by atoms with Crippen LogP contribution in [0.1, 0.15) is 15.9 Å².